The molecule has 1 aliphatic heterocycles. The van der Waals surface area contributed by atoms with Crippen LogP contribution in [0.25, 0.3) is 0 Å². The van der Waals surface area contributed by atoms with Crippen molar-refractivity contribution in [1.82, 2.24) is 0 Å². The van der Waals surface area contributed by atoms with Crippen LogP contribution < -0.4 is 0 Å². The lowest BCUT2D eigenvalue weighted by Crippen LogP contribution is -2.00. The second-order valence-corrected chi connectivity index (χ2v) is 4.80. The Bertz CT molecular complexity index is 701. The van der Waals surface area contributed by atoms with E-state index in [0.717, 1.165) is 11.1 Å². The Kier molecular flexibility index (Phi) is 2.79. The van der Waals surface area contributed by atoms with Crippen molar-refractivity contribution in [2.75, 3.05) is 0 Å². The normalized spacial score (nSPS) is 16.6. The zero-order valence-electron chi connectivity index (χ0n) is 10.8. The first-order chi connectivity index (χ1) is 9.56. The van der Waals surface area contributed by atoms with E-state index in [1.165, 1.54) is 12.1 Å². The fourth-order valence-electron chi connectivity index (χ4n) is 2.32. The van der Waals surface area contributed by atoms with E-state index >= 15 is 0 Å². The number of carboxylic acids is 1. The Balaban J connectivity index is 2.06. The predicted molar refractivity (Wildman–Crippen MR) is 71.8 cm³/mol. The molecule has 4 nitrogen and oxygen atoms in total. The van der Waals surface area contributed by atoms with Crippen molar-refractivity contribution in [1.29, 1.82) is 0 Å². The number of aromatic carboxylic acids is 1. The SMILES string of the molecule is Cc1ccc(C2OC(=O)c3cc(C(=O)O)ccc32)cc1. The first-order valence-electron chi connectivity index (χ1n) is 6.21. The van der Waals surface area contributed by atoms with Crippen LogP contribution in [0, 0.1) is 6.92 Å². The van der Waals surface area contributed by atoms with Gasteiger partial charge in [-0.3, -0.25) is 0 Å². The Morgan fingerprint density at radius 2 is 1.85 bits per heavy atom. The highest BCUT2D eigenvalue weighted by atomic mass is 16.5. The van der Waals surface area contributed by atoms with Gasteiger partial charge in [-0.2, -0.15) is 0 Å². The van der Waals surface area contributed by atoms with Crippen LogP contribution in [0.3, 0.4) is 0 Å². The molecule has 0 amide bonds. The molecule has 0 saturated carbocycles. The lowest BCUT2D eigenvalue weighted by atomic mass is 9.97. The third-order valence-electron chi connectivity index (χ3n) is 3.41. The van der Waals surface area contributed by atoms with E-state index < -0.39 is 18.0 Å². The minimum absolute atomic E-state index is 0.0882. The highest BCUT2D eigenvalue weighted by Crippen LogP contribution is 2.36. The van der Waals surface area contributed by atoms with Crippen molar-refractivity contribution in [2.45, 2.75) is 13.0 Å². The Morgan fingerprint density at radius 1 is 1.15 bits per heavy atom. The summed E-state index contributed by atoms with van der Waals surface area (Å²) in [6.45, 7) is 1.98. The highest BCUT2D eigenvalue weighted by Gasteiger charge is 2.32. The van der Waals surface area contributed by atoms with Crippen LogP contribution in [-0.2, 0) is 4.74 Å². The highest BCUT2D eigenvalue weighted by molar-refractivity contribution is 5.98. The number of benzene rings is 2. The van der Waals surface area contributed by atoms with Crippen LogP contribution in [0.1, 0.15) is 43.5 Å². The lowest BCUT2D eigenvalue weighted by molar-refractivity contribution is 0.0456. The summed E-state index contributed by atoms with van der Waals surface area (Å²) in [7, 11) is 0. The molecule has 3 rings (SSSR count). The zero-order valence-corrected chi connectivity index (χ0v) is 10.8. The van der Waals surface area contributed by atoms with Crippen LogP contribution in [0.5, 0.6) is 0 Å². The van der Waals surface area contributed by atoms with E-state index in [9.17, 15) is 9.59 Å². The maximum absolute atomic E-state index is 11.9. The van der Waals surface area contributed by atoms with Crippen molar-refractivity contribution in [3.05, 3.63) is 70.3 Å². The Morgan fingerprint density at radius 3 is 2.50 bits per heavy atom. The maximum Gasteiger partial charge on any atom is 0.339 e. The molecule has 0 aliphatic carbocycles. The smallest absolute Gasteiger partial charge is 0.339 e. The quantitative estimate of drug-likeness (QED) is 0.850. The molecule has 2 aromatic carbocycles. The summed E-state index contributed by atoms with van der Waals surface area (Å²) in [5, 5.41) is 8.96. The van der Waals surface area contributed by atoms with Crippen LogP contribution in [0.15, 0.2) is 42.5 Å². The molecule has 0 fully saturated rings. The van der Waals surface area contributed by atoms with Gasteiger partial charge >= 0.3 is 11.9 Å². The molecule has 4 heteroatoms. The van der Waals surface area contributed by atoms with Crippen molar-refractivity contribution in [2.24, 2.45) is 0 Å². The molecule has 100 valence electrons. The molecule has 0 saturated heterocycles. The fourth-order valence-corrected chi connectivity index (χ4v) is 2.32. The summed E-state index contributed by atoms with van der Waals surface area (Å²) in [5.41, 5.74) is 3.13. The summed E-state index contributed by atoms with van der Waals surface area (Å²) >= 11 is 0. The molecule has 1 heterocycles. The molecular weight excluding hydrogens is 256 g/mol. The molecule has 1 atom stereocenters. The molecular formula is C16H12O4. The van der Waals surface area contributed by atoms with Gasteiger partial charge in [0, 0.05) is 5.56 Å². The topological polar surface area (TPSA) is 63.6 Å². The first kappa shape index (κ1) is 12.4. The number of ether oxygens (including phenoxy) is 1. The summed E-state index contributed by atoms with van der Waals surface area (Å²) in [5.74, 6) is -1.53. The summed E-state index contributed by atoms with van der Waals surface area (Å²) in [6.07, 6.45) is -0.457. The second kappa shape index (κ2) is 4.49. The monoisotopic (exact) mass is 268 g/mol. The van der Waals surface area contributed by atoms with E-state index in [1.807, 2.05) is 31.2 Å². The van der Waals surface area contributed by atoms with Gasteiger partial charge in [-0.05, 0) is 24.6 Å². The number of hydrogen-bond acceptors (Lipinski definition) is 3. The van der Waals surface area contributed by atoms with Gasteiger partial charge in [0.05, 0.1) is 11.1 Å². The van der Waals surface area contributed by atoms with Gasteiger partial charge < -0.3 is 9.84 Å². The van der Waals surface area contributed by atoms with Crippen molar-refractivity contribution in [3.63, 3.8) is 0 Å². The number of carbonyl (C=O) groups excluding carboxylic acids is 1. The van der Waals surface area contributed by atoms with Gasteiger partial charge in [0.2, 0.25) is 0 Å². The third kappa shape index (κ3) is 1.95. The molecule has 2 aromatic rings. The van der Waals surface area contributed by atoms with E-state index in [0.29, 0.717) is 11.1 Å². The fraction of sp³-hybridized carbons (Fsp3) is 0.125. The average molecular weight is 268 g/mol. The summed E-state index contributed by atoms with van der Waals surface area (Å²) in [4.78, 5) is 22.8. The predicted octanol–water partition coefficient (Wildman–Crippen LogP) is 2.95. The van der Waals surface area contributed by atoms with Crippen molar-refractivity contribution in [3.8, 4) is 0 Å². The number of fused-ring (bicyclic) bond motifs is 1. The Hall–Kier alpha value is -2.62. The lowest BCUT2D eigenvalue weighted by Gasteiger charge is -2.11. The minimum Gasteiger partial charge on any atom is -0.478 e. The van der Waals surface area contributed by atoms with Crippen LogP contribution >= 0.6 is 0 Å². The zero-order chi connectivity index (χ0) is 14.3. The van der Waals surface area contributed by atoms with Gasteiger partial charge in [-0.25, -0.2) is 9.59 Å². The number of carbonyl (C=O) groups is 2. The number of aryl methyl sites for hydroxylation is 1. The summed E-state index contributed by atoms with van der Waals surface area (Å²) in [6, 6.07) is 12.2. The van der Waals surface area contributed by atoms with E-state index in [1.54, 1.807) is 6.07 Å². The standard InChI is InChI=1S/C16H12O4/c1-9-2-4-10(5-3-9)14-12-7-6-11(15(17)18)8-13(12)16(19)20-14/h2-8,14H,1H3,(H,17,18). The van der Waals surface area contributed by atoms with E-state index in [-0.39, 0.29) is 5.56 Å². The van der Waals surface area contributed by atoms with E-state index in [2.05, 4.69) is 0 Å². The van der Waals surface area contributed by atoms with Crippen LogP contribution in [-0.4, -0.2) is 17.0 Å². The number of esters is 1. The van der Waals surface area contributed by atoms with Gasteiger partial charge in [0.15, 0.2) is 6.10 Å². The van der Waals surface area contributed by atoms with Gasteiger partial charge in [0.1, 0.15) is 0 Å². The van der Waals surface area contributed by atoms with Crippen molar-refractivity contribution < 1.29 is 19.4 Å². The van der Waals surface area contributed by atoms with Gasteiger partial charge in [0.25, 0.3) is 0 Å². The second-order valence-electron chi connectivity index (χ2n) is 4.80. The van der Waals surface area contributed by atoms with Crippen LogP contribution in [0.2, 0.25) is 0 Å². The molecule has 0 aromatic heterocycles. The van der Waals surface area contributed by atoms with Crippen molar-refractivity contribution >= 4 is 11.9 Å². The van der Waals surface area contributed by atoms with E-state index in [4.69, 9.17) is 9.84 Å². The first-order valence-corrected chi connectivity index (χ1v) is 6.21. The molecule has 1 aliphatic rings. The molecule has 0 radical (unpaired) electrons. The largest absolute Gasteiger partial charge is 0.478 e. The molecule has 1 unspecified atom stereocenters. The Labute approximate surface area is 115 Å². The van der Waals surface area contributed by atoms with Gasteiger partial charge in [-0.15, -0.1) is 0 Å². The molecule has 0 bridgehead atoms. The maximum atomic E-state index is 11.9. The summed E-state index contributed by atoms with van der Waals surface area (Å²) < 4.78 is 5.36. The number of rotatable bonds is 2. The molecule has 1 N–H and O–H groups in total. The number of carboxylic acid groups (broad SMARTS) is 1. The van der Waals surface area contributed by atoms with Gasteiger partial charge in [-0.1, -0.05) is 35.9 Å². The molecule has 20 heavy (non-hydrogen) atoms. The number of cyclic esters (lactones) is 1. The average Bonchev–Trinajstić information content (AvgIpc) is 2.76. The number of hydrogen-bond donors (Lipinski definition) is 1. The van der Waals surface area contributed by atoms with Crippen LogP contribution in [0.4, 0.5) is 0 Å². The molecule has 0 spiro atoms. The minimum atomic E-state index is -1.06. The third-order valence-corrected chi connectivity index (χ3v) is 3.41.